The molecule has 3 nitrogen and oxygen atoms in total. The monoisotopic (exact) mass is 261 g/mol. The molecule has 1 heterocycles. The number of fused-ring (bicyclic) bond motifs is 1. The maximum atomic E-state index is 9.81. The topological polar surface area (TPSA) is 41.5 Å². The summed E-state index contributed by atoms with van der Waals surface area (Å²) in [4.78, 5) is 0. The Bertz CT molecular complexity index is 421. The lowest BCUT2D eigenvalue weighted by Crippen LogP contribution is -2.33. The van der Waals surface area contributed by atoms with Crippen LogP contribution in [0.5, 0.6) is 0 Å². The number of nitrogens with one attached hydrogen (secondary N) is 1. The van der Waals surface area contributed by atoms with E-state index in [2.05, 4.69) is 29.6 Å². The van der Waals surface area contributed by atoms with Gasteiger partial charge in [-0.3, -0.25) is 0 Å². The molecule has 3 heteroatoms. The lowest BCUT2D eigenvalue weighted by Gasteiger charge is -2.27. The van der Waals surface area contributed by atoms with Crippen molar-refractivity contribution in [3.8, 4) is 0 Å². The van der Waals surface area contributed by atoms with E-state index < -0.39 is 0 Å². The molecule has 2 N–H and O–H groups in total. The van der Waals surface area contributed by atoms with Gasteiger partial charge in [-0.2, -0.15) is 0 Å². The van der Waals surface area contributed by atoms with Gasteiger partial charge in [-0.15, -0.1) is 0 Å². The third-order valence-electron chi connectivity index (χ3n) is 4.45. The van der Waals surface area contributed by atoms with Gasteiger partial charge in [0.1, 0.15) is 0 Å². The third-order valence-corrected chi connectivity index (χ3v) is 4.45. The second-order valence-corrected chi connectivity index (χ2v) is 5.72. The quantitative estimate of drug-likeness (QED) is 0.871. The summed E-state index contributed by atoms with van der Waals surface area (Å²) in [5.74, 6) is 0.429. The van der Waals surface area contributed by atoms with Crippen molar-refractivity contribution in [2.75, 3.05) is 19.7 Å². The fraction of sp³-hybridized carbons (Fsp3) is 0.625. The molecule has 0 saturated heterocycles. The fourth-order valence-corrected chi connectivity index (χ4v) is 3.30. The summed E-state index contributed by atoms with van der Waals surface area (Å²) in [6.07, 6.45) is 4.37. The lowest BCUT2D eigenvalue weighted by molar-refractivity contribution is 0.0404. The van der Waals surface area contributed by atoms with Gasteiger partial charge in [0.2, 0.25) is 0 Å². The van der Waals surface area contributed by atoms with Crippen LogP contribution in [0, 0.1) is 5.92 Å². The average Bonchev–Trinajstić information content (AvgIpc) is 2.85. The van der Waals surface area contributed by atoms with Crippen molar-refractivity contribution in [3.05, 3.63) is 35.4 Å². The van der Waals surface area contributed by atoms with E-state index in [1.54, 1.807) is 0 Å². The van der Waals surface area contributed by atoms with E-state index in [1.165, 1.54) is 11.1 Å². The van der Waals surface area contributed by atoms with Crippen molar-refractivity contribution < 1.29 is 9.84 Å². The minimum atomic E-state index is -0.105. The number of rotatable bonds is 4. The first-order valence-corrected chi connectivity index (χ1v) is 7.43. The average molecular weight is 261 g/mol. The van der Waals surface area contributed by atoms with Crippen LogP contribution in [-0.2, 0) is 11.2 Å². The number of aliphatic hydroxyl groups is 1. The zero-order chi connectivity index (χ0) is 13.1. The van der Waals surface area contributed by atoms with Crippen LogP contribution in [0.1, 0.15) is 36.5 Å². The molecule has 1 aromatic carbocycles. The fourth-order valence-electron chi connectivity index (χ4n) is 3.30. The summed E-state index contributed by atoms with van der Waals surface area (Å²) >= 11 is 0. The van der Waals surface area contributed by atoms with Gasteiger partial charge in [0, 0.05) is 13.1 Å². The number of hydrogen-bond donors (Lipinski definition) is 2. The van der Waals surface area contributed by atoms with Crippen LogP contribution < -0.4 is 5.32 Å². The number of aliphatic hydroxyl groups excluding tert-OH is 1. The molecule has 1 fully saturated rings. The Morgan fingerprint density at radius 3 is 2.95 bits per heavy atom. The highest BCUT2D eigenvalue weighted by atomic mass is 16.5. The maximum Gasteiger partial charge on any atom is 0.0952 e. The number of ether oxygens (including phenoxy) is 1. The van der Waals surface area contributed by atoms with Crippen molar-refractivity contribution >= 4 is 0 Å². The van der Waals surface area contributed by atoms with Crippen LogP contribution in [-0.4, -0.2) is 30.9 Å². The van der Waals surface area contributed by atoms with Gasteiger partial charge in [-0.1, -0.05) is 30.7 Å². The lowest BCUT2D eigenvalue weighted by atomic mass is 9.97. The Hall–Kier alpha value is -0.900. The molecule has 0 bridgehead atoms. The Morgan fingerprint density at radius 1 is 1.21 bits per heavy atom. The minimum absolute atomic E-state index is 0.105. The molecule has 0 radical (unpaired) electrons. The second-order valence-electron chi connectivity index (χ2n) is 5.72. The third kappa shape index (κ3) is 2.99. The molecule has 1 aromatic rings. The van der Waals surface area contributed by atoms with Crippen LogP contribution in [0.25, 0.3) is 0 Å². The standard InChI is InChI=1S/C16H23NO2/c18-15-7-3-5-13(15)10-17-11-16-14-6-2-1-4-12(14)8-9-19-16/h1-2,4,6,13,15-18H,3,5,7-11H2. The van der Waals surface area contributed by atoms with Gasteiger partial charge in [0.15, 0.2) is 0 Å². The molecule has 104 valence electrons. The van der Waals surface area contributed by atoms with Gasteiger partial charge in [-0.05, 0) is 36.3 Å². The van der Waals surface area contributed by atoms with E-state index in [-0.39, 0.29) is 12.2 Å². The predicted octanol–water partition coefficient (Wildman–Crippen LogP) is 2.05. The zero-order valence-electron chi connectivity index (χ0n) is 11.3. The number of hydrogen-bond acceptors (Lipinski definition) is 3. The van der Waals surface area contributed by atoms with Crippen LogP contribution in [0.2, 0.25) is 0 Å². The largest absolute Gasteiger partial charge is 0.393 e. The minimum Gasteiger partial charge on any atom is -0.393 e. The van der Waals surface area contributed by atoms with Crippen molar-refractivity contribution in [2.24, 2.45) is 5.92 Å². The van der Waals surface area contributed by atoms with E-state index in [0.29, 0.717) is 5.92 Å². The molecule has 3 atom stereocenters. The molecular weight excluding hydrogens is 238 g/mol. The van der Waals surface area contributed by atoms with Gasteiger partial charge in [0.25, 0.3) is 0 Å². The van der Waals surface area contributed by atoms with E-state index in [1.807, 2.05) is 0 Å². The molecular formula is C16H23NO2. The summed E-state index contributed by atoms with van der Waals surface area (Å²) in [6, 6.07) is 8.56. The predicted molar refractivity (Wildman–Crippen MR) is 75.1 cm³/mol. The van der Waals surface area contributed by atoms with Crippen LogP contribution >= 0.6 is 0 Å². The smallest absolute Gasteiger partial charge is 0.0952 e. The molecule has 3 unspecified atom stereocenters. The summed E-state index contributed by atoms with van der Waals surface area (Å²) in [5, 5.41) is 13.3. The first-order valence-electron chi connectivity index (χ1n) is 7.43. The van der Waals surface area contributed by atoms with Crippen molar-refractivity contribution in [1.29, 1.82) is 0 Å². The molecule has 0 amide bonds. The van der Waals surface area contributed by atoms with Gasteiger partial charge in [-0.25, -0.2) is 0 Å². The summed E-state index contributed by atoms with van der Waals surface area (Å²) in [6.45, 7) is 2.57. The Balaban J connectivity index is 1.53. The highest BCUT2D eigenvalue weighted by Gasteiger charge is 2.25. The van der Waals surface area contributed by atoms with Gasteiger partial charge < -0.3 is 15.2 Å². The number of benzene rings is 1. The van der Waals surface area contributed by atoms with Crippen LogP contribution in [0.3, 0.4) is 0 Å². The summed E-state index contributed by atoms with van der Waals surface area (Å²) < 4.78 is 5.87. The maximum absolute atomic E-state index is 9.81. The Kier molecular flexibility index (Phi) is 4.16. The normalized spacial score (nSPS) is 30.3. The van der Waals surface area contributed by atoms with E-state index in [9.17, 15) is 5.11 Å². The highest BCUT2D eigenvalue weighted by molar-refractivity contribution is 5.31. The molecule has 19 heavy (non-hydrogen) atoms. The Labute approximate surface area is 115 Å². The molecule has 3 rings (SSSR count). The van der Waals surface area contributed by atoms with E-state index in [4.69, 9.17) is 4.74 Å². The zero-order valence-corrected chi connectivity index (χ0v) is 11.3. The molecule has 0 aromatic heterocycles. The highest BCUT2D eigenvalue weighted by Crippen LogP contribution is 2.27. The Morgan fingerprint density at radius 2 is 2.11 bits per heavy atom. The first kappa shape index (κ1) is 13.1. The van der Waals surface area contributed by atoms with Gasteiger partial charge in [0.05, 0.1) is 18.8 Å². The molecule has 1 aliphatic carbocycles. The van der Waals surface area contributed by atoms with Crippen LogP contribution in [0.4, 0.5) is 0 Å². The molecule has 1 saturated carbocycles. The summed E-state index contributed by atoms with van der Waals surface area (Å²) in [7, 11) is 0. The van der Waals surface area contributed by atoms with Crippen LogP contribution in [0.15, 0.2) is 24.3 Å². The summed E-state index contributed by atoms with van der Waals surface area (Å²) in [5.41, 5.74) is 2.75. The van der Waals surface area contributed by atoms with E-state index in [0.717, 1.165) is 45.4 Å². The van der Waals surface area contributed by atoms with Gasteiger partial charge >= 0.3 is 0 Å². The van der Waals surface area contributed by atoms with Crippen molar-refractivity contribution in [3.63, 3.8) is 0 Å². The molecule has 2 aliphatic rings. The molecule has 0 spiro atoms. The van der Waals surface area contributed by atoms with E-state index >= 15 is 0 Å². The first-order chi connectivity index (χ1) is 9.34. The second kappa shape index (κ2) is 6.04. The van der Waals surface area contributed by atoms with Crippen molar-refractivity contribution in [2.45, 2.75) is 37.9 Å². The van der Waals surface area contributed by atoms with Crippen molar-refractivity contribution in [1.82, 2.24) is 5.32 Å². The SMILES string of the molecule is OC1CCCC1CNCC1OCCc2ccccc21. The molecule has 1 aliphatic heterocycles.